The summed E-state index contributed by atoms with van der Waals surface area (Å²) < 4.78 is 5.03. The lowest BCUT2D eigenvalue weighted by molar-refractivity contribution is 0.100. The van der Waals surface area contributed by atoms with Gasteiger partial charge in [-0.1, -0.05) is 44.5 Å². The number of Topliss-reactive ketones (excluding diaryl/α,β-unsaturated/α-hetero) is 1. The molecule has 0 unspecified atom stereocenters. The summed E-state index contributed by atoms with van der Waals surface area (Å²) >= 11 is 7.36. The minimum atomic E-state index is -0.280. The van der Waals surface area contributed by atoms with Crippen LogP contribution in [0.4, 0.5) is 0 Å². The number of methoxy groups -OCH3 is 1. The molecule has 30 heavy (non-hydrogen) atoms. The van der Waals surface area contributed by atoms with Crippen LogP contribution in [-0.4, -0.2) is 35.7 Å². The maximum atomic E-state index is 12.9. The second-order valence-corrected chi connectivity index (χ2v) is 9.21. The van der Waals surface area contributed by atoms with E-state index in [1.54, 1.807) is 24.4 Å². The first kappa shape index (κ1) is 22.0. The van der Waals surface area contributed by atoms with Gasteiger partial charge in [0, 0.05) is 22.2 Å². The number of phenolic OH excluding ortho intramolecular Hbond substituents is 1. The van der Waals surface area contributed by atoms with Crippen LogP contribution in [0.15, 0.2) is 47.5 Å². The molecule has 156 valence electrons. The van der Waals surface area contributed by atoms with Gasteiger partial charge in [-0.15, -0.1) is 11.3 Å². The molecule has 0 aliphatic carbocycles. The van der Waals surface area contributed by atoms with Crippen LogP contribution >= 0.6 is 22.9 Å². The van der Waals surface area contributed by atoms with E-state index in [1.807, 2.05) is 45.0 Å². The number of aromatic nitrogens is 1. The summed E-state index contributed by atoms with van der Waals surface area (Å²) in [5, 5.41) is 11.3. The lowest BCUT2D eigenvalue weighted by Crippen LogP contribution is -2.17. The standard InChI is InChI=1S/C23H23ClN2O3S/c1-23(2,3)21-20(30-22(26-21)15-6-8-16(24)9-7-15)18(28)13-25-12-14-5-10-19(29-4)17(27)11-14/h5-12,27H,13H2,1-4H3. The van der Waals surface area contributed by atoms with Crippen LogP contribution in [0.2, 0.25) is 5.02 Å². The van der Waals surface area contributed by atoms with Crippen molar-refractivity contribution in [2.24, 2.45) is 4.99 Å². The molecule has 1 N–H and O–H groups in total. The van der Waals surface area contributed by atoms with Crippen molar-refractivity contribution in [1.29, 1.82) is 0 Å². The molecule has 3 aromatic rings. The van der Waals surface area contributed by atoms with Crippen molar-refractivity contribution in [2.75, 3.05) is 13.7 Å². The number of phenols is 1. The number of benzene rings is 2. The number of carbonyl (C=O) groups is 1. The smallest absolute Gasteiger partial charge is 0.196 e. The van der Waals surface area contributed by atoms with E-state index in [-0.39, 0.29) is 23.5 Å². The van der Waals surface area contributed by atoms with Crippen LogP contribution in [-0.2, 0) is 5.41 Å². The van der Waals surface area contributed by atoms with E-state index in [0.29, 0.717) is 21.2 Å². The number of ketones is 1. The molecule has 3 rings (SSSR count). The number of aromatic hydroxyl groups is 1. The molecule has 0 fully saturated rings. The Bertz CT molecular complexity index is 1080. The minimum Gasteiger partial charge on any atom is -0.504 e. The summed E-state index contributed by atoms with van der Waals surface area (Å²) in [5.74, 6) is 0.321. The van der Waals surface area contributed by atoms with Gasteiger partial charge < -0.3 is 9.84 Å². The SMILES string of the molecule is COc1ccc(C=NCC(=O)c2sc(-c3ccc(Cl)cc3)nc2C(C)(C)C)cc1O. The van der Waals surface area contributed by atoms with Crippen molar-refractivity contribution < 1.29 is 14.6 Å². The predicted octanol–water partition coefficient (Wildman–Crippen LogP) is 5.78. The summed E-state index contributed by atoms with van der Waals surface area (Å²) in [6.45, 7) is 6.10. The van der Waals surface area contributed by atoms with Gasteiger partial charge in [0.25, 0.3) is 0 Å². The molecule has 2 aromatic carbocycles. The van der Waals surface area contributed by atoms with E-state index in [4.69, 9.17) is 21.3 Å². The molecule has 0 saturated heterocycles. The Morgan fingerprint density at radius 2 is 1.93 bits per heavy atom. The average molecular weight is 443 g/mol. The first-order valence-corrected chi connectivity index (χ1v) is 10.6. The first-order chi connectivity index (χ1) is 14.2. The number of hydrogen-bond donors (Lipinski definition) is 1. The summed E-state index contributed by atoms with van der Waals surface area (Å²) in [4.78, 5) is 22.6. The summed E-state index contributed by atoms with van der Waals surface area (Å²) in [7, 11) is 1.49. The van der Waals surface area contributed by atoms with E-state index in [9.17, 15) is 9.90 Å². The van der Waals surface area contributed by atoms with E-state index in [0.717, 1.165) is 16.3 Å². The predicted molar refractivity (Wildman–Crippen MR) is 123 cm³/mol. The highest BCUT2D eigenvalue weighted by Gasteiger charge is 2.27. The molecule has 1 heterocycles. The van der Waals surface area contributed by atoms with Crippen molar-refractivity contribution in [1.82, 2.24) is 4.98 Å². The third-order valence-corrected chi connectivity index (χ3v) is 5.76. The van der Waals surface area contributed by atoms with Gasteiger partial charge in [0.2, 0.25) is 0 Å². The third kappa shape index (κ3) is 5.07. The Morgan fingerprint density at radius 3 is 2.53 bits per heavy atom. The van der Waals surface area contributed by atoms with Crippen molar-refractivity contribution in [3.05, 3.63) is 63.6 Å². The number of ether oxygens (including phenoxy) is 1. The molecule has 0 amide bonds. The second kappa shape index (κ2) is 8.98. The highest BCUT2D eigenvalue weighted by molar-refractivity contribution is 7.17. The maximum Gasteiger partial charge on any atom is 0.196 e. The van der Waals surface area contributed by atoms with E-state index < -0.39 is 0 Å². The fourth-order valence-electron chi connectivity index (χ4n) is 2.83. The Balaban J connectivity index is 1.84. The second-order valence-electron chi connectivity index (χ2n) is 7.78. The van der Waals surface area contributed by atoms with Crippen LogP contribution in [0.25, 0.3) is 10.6 Å². The number of rotatable bonds is 6. The van der Waals surface area contributed by atoms with Crippen molar-refractivity contribution in [3.8, 4) is 22.1 Å². The molecule has 0 aliphatic rings. The fourth-order valence-corrected chi connectivity index (χ4v) is 4.16. The van der Waals surface area contributed by atoms with E-state index in [1.165, 1.54) is 18.4 Å². The quantitative estimate of drug-likeness (QED) is 0.388. The summed E-state index contributed by atoms with van der Waals surface area (Å²) in [6, 6.07) is 12.4. The number of halogens is 1. The van der Waals surface area contributed by atoms with Crippen LogP contribution in [0.5, 0.6) is 11.5 Å². The molecule has 0 saturated carbocycles. The lowest BCUT2D eigenvalue weighted by Gasteiger charge is -2.16. The first-order valence-electron chi connectivity index (χ1n) is 9.36. The van der Waals surface area contributed by atoms with Gasteiger partial charge in [0.15, 0.2) is 17.3 Å². The highest BCUT2D eigenvalue weighted by Crippen LogP contribution is 2.35. The molecule has 0 radical (unpaired) electrons. The third-order valence-electron chi connectivity index (χ3n) is 4.36. The zero-order chi connectivity index (χ0) is 21.9. The Morgan fingerprint density at radius 1 is 1.23 bits per heavy atom. The average Bonchev–Trinajstić information content (AvgIpc) is 3.15. The molecule has 0 atom stereocenters. The Kier molecular flexibility index (Phi) is 6.58. The number of aliphatic imine (C=N–C) groups is 1. The lowest BCUT2D eigenvalue weighted by atomic mass is 9.90. The van der Waals surface area contributed by atoms with Crippen molar-refractivity contribution in [3.63, 3.8) is 0 Å². The monoisotopic (exact) mass is 442 g/mol. The number of hydrogen-bond acceptors (Lipinski definition) is 6. The van der Waals surface area contributed by atoms with Gasteiger partial charge in [-0.2, -0.15) is 0 Å². The molecule has 0 aliphatic heterocycles. The van der Waals surface area contributed by atoms with Crippen LogP contribution in [0.1, 0.15) is 41.7 Å². The summed E-state index contributed by atoms with van der Waals surface area (Å²) in [6.07, 6.45) is 1.56. The van der Waals surface area contributed by atoms with Gasteiger partial charge in [-0.25, -0.2) is 4.98 Å². The zero-order valence-corrected chi connectivity index (χ0v) is 18.8. The zero-order valence-electron chi connectivity index (χ0n) is 17.3. The largest absolute Gasteiger partial charge is 0.504 e. The van der Waals surface area contributed by atoms with Gasteiger partial charge in [0.1, 0.15) is 11.6 Å². The van der Waals surface area contributed by atoms with Crippen LogP contribution in [0, 0.1) is 0 Å². The van der Waals surface area contributed by atoms with E-state index >= 15 is 0 Å². The summed E-state index contributed by atoms with van der Waals surface area (Å²) in [5.41, 5.74) is 2.09. The van der Waals surface area contributed by atoms with Gasteiger partial charge in [0.05, 0.1) is 17.7 Å². The van der Waals surface area contributed by atoms with Crippen LogP contribution in [0.3, 0.4) is 0 Å². The topological polar surface area (TPSA) is 71.8 Å². The molecule has 1 aromatic heterocycles. The Hall–Kier alpha value is -2.70. The van der Waals surface area contributed by atoms with Gasteiger partial charge >= 0.3 is 0 Å². The Labute approximate surface area is 185 Å². The van der Waals surface area contributed by atoms with Gasteiger partial charge in [-0.3, -0.25) is 9.79 Å². The molecule has 7 heteroatoms. The molecular formula is C23H23ClN2O3S. The van der Waals surface area contributed by atoms with Crippen LogP contribution < -0.4 is 4.74 Å². The van der Waals surface area contributed by atoms with Crippen molar-refractivity contribution in [2.45, 2.75) is 26.2 Å². The number of thiazole rings is 1. The maximum absolute atomic E-state index is 12.9. The van der Waals surface area contributed by atoms with E-state index in [2.05, 4.69) is 4.99 Å². The minimum absolute atomic E-state index is 0.00186. The number of nitrogens with zero attached hydrogens (tertiary/aromatic N) is 2. The molecule has 5 nitrogen and oxygen atoms in total. The molecule has 0 bridgehead atoms. The van der Waals surface area contributed by atoms with Gasteiger partial charge in [-0.05, 0) is 35.9 Å². The normalized spacial score (nSPS) is 11.8. The molecule has 0 spiro atoms. The molecular weight excluding hydrogens is 420 g/mol. The van der Waals surface area contributed by atoms with Crippen molar-refractivity contribution >= 4 is 34.9 Å². The number of carbonyl (C=O) groups excluding carboxylic acids is 1. The fraction of sp³-hybridized carbons (Fsp3) is 0.261. The highest BCUT2D eigenvalue weighted by atomic mass is 35.5.